The Balaban J connectivity index is 1.46. The number of H-pyrrole nitrogens is 1. The second kappa shape index (κ2) is 8.05. The zero-order valence-corrected chi connectivity index (χ0v) is 16.9. The van der Waals surface area contributed by atoms with Gasteiger partial charge in [-0.15, -0.1) is 0 Å². The Kier molecular flexibility index (Phi) is 4.95. The second-order valence-corrected chi connectivity index (χ2v) is 7.60. The van der Waals surface area contributed by atoms with E-state index >= 15 is 0 Å². The Hall–Kier alpha value is -3.57. The van der Waals surface area contributed by atoms with E-state index < -0.39 is 0 Å². The minimum Gasteiger partial charge on any atom is -0.379 e. The average Bonchev–Trinajstić information content (AvgIpc) is 3.15. The highest BCUT2D eigenvalue weighted by atomic mass is 35.5. The van der Waals surface area contributed by atoms with Crippen LogP contribution < -0.4 is 10.6 Å². The van der Waals surface area contributed by atoms with Crippen LogP contribution in [-0.2, 0) is 13.1 Å². The summed E-state index contributed by atoms with van der Waals surface area (Å²) in [5.41, 5.74) is 5.33. The van der Waals surface area contributed by atoms with Gasteiger partial charge in [-0.3, -0.25) is 4.98 Å². The second-order valence-electron chi connectivity index (χ2n) is 7.16. The molecule has 2 aromatic carbocycles. The quantitative estimate of drug-likeness (QED) is 0.320. The zero-order valence-electron chi connectivity index (χ0n) is 16.2. The lowest BCUT2D eigenvalue weighted by Gasteiger charge is -2.08. The van der Waals surface area contributed by atoms with E-state index in [1.54, 1.807) is 12.4 Å². The SMILES string of the molecule is Clc1cc(NCc2ccncc2)c2[nH]c3cnc(NCc4ccccc4)cc3c2c1. The van der Waals surface area contributed by atoms with Gasteiger partial charge in [0.25, 0.3) is 0 Å². The van der Waals surface area contributed by atoms with Crippen molar-refractivity contribution in [3.63, 3.8) is 0 Å². The molecule has 30 heavy (non-hydrogen) atoms. The number of hydrogen-bond donors (Lipinski definition) is 3. The van der Waals surface area contributed by atoms with Crippen LogP contribution in [0.2, 0.25) is 5.02 Å². The van der Waals surface area contributed by atoms with Crippen LogP contribution in [-0.4, -0.2) is 15.0 Å². The summed E-state index contributed by atoms with van der Waals surface area (Å²) in [6.45, 7) is 1.41. The highest BCUT2D eigenvalue weighted by Crippen LogP contribution is 2.34. The predicted molar refractivity (Wildman–Crippen MR) is 124 cm³/mol. The van der Waals surface area contributed by atoms with Crippen molar-refractivity contribution in [2.75, 3.05) is 10.6 Å². The van der Waals surface area contributed by atoms with Crippen molar-refractivity contribution in [2.45, 2.75) is 13.1 Å². The van der Waals surface area contributed by atoms with Gasteiger partial charge in [-0.1, -0.05) is 41.9 Å². The molecule has 0 aliphatic rings. The highest BCUT2D eigenvalue weighted by Gasteiger charge is 2.11. The first-order chi connectivity index (χ1) is 14.8. The lowest BCUT2D eigenvalue weighted by atomic mass is 10.1. The summed E-state index contributed by atoms with van der Waals surface area (Å²) >= 11 is 6.45. The van der Waals surface area contributed by atoms with Crippen molar-refractivity contribution >= 4 is 44.9 Å². The summed E-state index contributed by atoms with van der Waals surface area (Å²) in [5, 5.41) is 9.74. The van der Waals surface area contributed by atoms with Crippen molar-refractivity contribution in [1.82, 2.24) is 15.0 Å². The summed E-state index contributed by atoms with van der Waals surface area (Å²) in [5.74, 6) is 0.832. The molecule has 5 nitrogen and oxygen atoms in total. The highest BCUT2D eigenvalue weighted by molar-refractivity contribution is 6.32. The van der Waals surface area contributed by atoms with Crippen LogP contribution in [0.1, 0.15) is 11.1 Å². The van der Waals surface area contributed by atoms with Crippen molar-refractivity contribution in [3.05, 3.63) is 95.4 Å². The van der Waals surface area contributed by atoms with E-state index in [-0.39, 0.29) is 0 Å². The molecule has 0 amide bonds. The third-order valence-electron chi connectivity index (χ3n) is 5.11. The van der Waals surface area contributed by atoms with Gasteiger partial charge in [0.1, 0.15) is 5.82 Å². The number of benzene rings is 2. The molecule has 0 radical (unpaired) electrons. The number of nitrogens with zero attached hydrogens (tertiary/aromatic N) is 2. The molecule has 3 heterocycles. The lowest BCUT2D eigenvalue weighted by molar-refractivity contribution is 1.12. The monoisotopic (exact) mass is 413 g/mol. The number of hydrogen-bond acceptors (Lipinski definition) is 4. The molecule has 148 valence electrons. The molecule has 0 aliphatic heterocycles. The smallest absolute Gasteiger partial charge is 0.126 e. The van der Waals surface area contributed by atoms with Gasteiger partial charge in [-0.2, -0.15) is 0 Å². The number of fused-ring (bicyclic) bond motifs is 3. The first kappa shape index (κ1) is 18.5. The van der Waals surface area contributed by atoms with Gasteiger partial charge in [0.05, 0.1) is 22.9 Å². The molecule has 0 atom stereocenters. The number of aromatic amines is 1. The van der Waals surface area contributed by atoms with Crippen LogP contribution in [0.25, 0.3) is 21.8 Å². The third-order valence-corrected chi connectivity index (χ3v) is 5.32. The molecule has 3 N–H and O–H groups in total. The van der Waals surface area contributed by atoms with Gasteiger partial charge in [0, 0.05) is 41.3 Å². The van der Waals surface area contributed by atoms with Crippen LogP contribution in [0.15, 0.2) is 79.3 Å². The van der Waals surface area contributed by atoms with Crippen molar-refractivity contribution in [2.24, 2.45) is 0 Å². The first-order valence-electron chi connectivity index (χ1n) is 9.78. The van der Waals surface area contributed by atoms with Crippen LogP contribution in [0.3, 0.4) is 0 Å². The number of aromatic nitrogens is 3. The molecule has 0 aliphatic carbocycles. The van der Waals surface area contributed by atoms with E-state index in [2.05, 4.69) is 43.8 Å². The maximum absolute atomic E-state index is 6.45. The summed E-state index contributed by atoms with van der Waals surface area (Å²) in [7, 11) is 0. The Morgan fingerprint density at radius 2 is 1.60 bits per heavy atom. The number of nitrogens with one attached hydrogen (secondary N) is 3. The van der Waals surface area contributed by atoms with E-state index in [1.165, 1.54) is 5.56 Å². The van der Waals surface area contributed by atoms with E-state index in [0.29, 0.717) is 11.6 Å². The van der Waals surface area contributed by atoms with Gasteiger partial charge >= 0.3 is 0 Å². The fourth-order valence-electron chi connectivity index (χ4n) is 3.59. The number of pyridine rings is 2. The molecule has 0 unspecified atom stereocenters. The van der Waals surface area contributed by atoms with Gasteiger partial charge < -0.3 is 15.6 Å². The lowest BCUT2D eigenvalue weighted by Crippen LogP contribution is -2.00. The van der Waals surface area contributed by atoms with Crippen LogP contribution in [0, 0.1) is 0 Å². The molecule has 3 aromatic heterocycles. The minimum atomic E-state index is 0.690. The van der Waals surface area contributed by atoms with Gasteiger partial charge in [-0.25, -0.2) is 4.98 Å². The topological polar surface area (TPSA) is 65.6 Å². The molecular formula is C24H20ClN5. The van der Waals surface area contributed by atoms with Crippen LogP contribution in [0.5, 0.6) is 0 Å². The maximum Gasteiger partial charge on any atom is 0.126 e. The molecular weight excluding hydrogens is 394 g/mol. The van der Waals surface area contributed by atoms with Gasteiger partial charge in [-0.05, 0) is 41.5 Å². The number of rotatable bonds is 6. The van der Waals surface area contributed by atoms with Crippen molar-refractivity contribution < 1.29 is 0 Å². The molecule has 0 spiro atoms. The Morgan fingerprint density at radius 3 is 2.43 bits per heavy atom. The molecule has 0 saturated carbocycles. The van der Waals surface area contributed by atoms with Crippen LogP contribution >= 0.6 is 11.6 Å². The Labute approximate surface area is 179 Å². The minimum absolute atomic E-state index is 0.690. The van der Waals surface area contributed by atoms with Gasteiger partial charge in [0.15, 0.2) is 0 Å². The number of anilines is 2. The average molecular weight is 414 g/mol. The molecule has 5 rings (SSSR count). The summed E-state index contributed by atoms with van der Waals surface area (Å²) in [4.78, 5) is 12.1. The zero-order chi connectivity index (χ0) is 20.3. The molecule has 0 fully saturated rings. The third kappa shape index (κ3) is 3.80. The van der Waals surface area contributed by atoms with E-state index in [1.807, 2.05) is 48.7 Å². The predicted octanol–water partition coefficient (Wildman–Crippen LogP) is 5.99. The summed E-state index contributed by atoms with van der Waals surface area (Å²) in [6, 6.07) is 20.3. The van der Waals surface area contributed by atoms with Crippen molar-refractivity contribution in [1.29, 1.82) is 0 Å². The molecule has 5 aromatic rings. The standard InChI is InChI=1S/C24H20ClN5/c25-18-10-20-19-12-23(28-14-16-4-2-1-3-5-16)29-15-22(19)30-24(20)21(11-18)27-13-17-6-8-26-9-7-17/h1-12,15,27,30H,13-14H2,(H,28,29). The fraction of sp³-hybridized carbons (Fsp3) is 0.0833. The van der Waals surface area contributed by atoms with E-state index in [0.717, 1.165) is 45.4 Å². The van der Waals surface area contributed by atoms with Gasteiger partial charge in [0.2, 0.25) is 0 Å². The summed E-state index contributed by atoms with van der Waals surface area (Å²) < 4.78 is 0. The largest absolute Gasteiger partial charge is 0.379 e. The molecule has 0 saturated heterocycles. The van der Waals surface area contributed by atoms with E-state index in [9.17, 15) is 0 Å². The first-order valence-corrected chi connectivity index (χ1v) is 10.2. The van der Waals surface area contributed by atoms with Crippen molar-refractivity contribution in [3.8, 4) is 0 Å². The Morgan fingerprint density at radius 1 is 0.833 bits per heavy atom. The number of halogens is 1. The molecule has 0 bridgehead atoms. The van der Waals surface area contributed by atoms with E-state index in [4.69, 9.17) is 11.6 Å². The Bertz CT molecular complexity index is 1300. The summed E-state index contributed by atoms with van der Waals surface area (Å²) in [6.07, 6.45) is 5.45. The molecule has 6 heteroatoms. The normalized spacial score (nSPS) is 11.1. The van der Waals surface area contributed by atoms with Crippen LogP contribution in [0.4, 0.5) is 11.5 Å². The fourth-order valence-corrected chi connectivity index (χ4v) is 3.81. The maximum atomic E-state index is 6.45.